The van der Waals surface area contributed by atoms with E-state index in [-0.39, 0.29) is 6.03 Å². The van der Waals surface area contributed by atoms with Gasteiger partial charge in [-0.15, -0.1) is 0 Å². The van der Waals surface area contributed by atoms with Crippen molar-refractivity contribution in [2.75, 3.05) is 26.2 Å². The highest BCUT2D eigenvalue weighted by molar-refractivity contribution is 5.74. The summed E-state index contributed by atoms with van der Waals surface area (Å²) in [5.41, 5.74) is 0. The molecule has 1 atom stereocenters. The van der Waals surface area contributed by atoms with Crippen molar-refractivity contribution in [2.24, 2.45) is 0 Å². The summed E-state index contributed by atoms with van der Waals surface area (Å²) in [6.45, 7) is 7.47. The monoisotopic (exact) mass is 185 g/mol. The van der Waals surface area contributed by atoms with Crippen LogP contribution >= 0.6 is 0 Å². The van der Waals surface area contributed by atoms with Crippen molar-refractivity contribution < 1.29 is 4.79 Å². The third kappa shape index (κ3) is 3.22. The number of carbonyl (C=O) groups excluding carboxylic acids is 1. The number of rotatable bonds is 2. The summed E-state index contributed by atoms with van der Waals surface area (Å²) in [6, 6.07) is 0.497. The van der Waals surface area contributed by atoms with E-state index in [1.807, 2.05) is 4.90 Å². The van der Waals surface area contributed by atoms with Gasteiger partial charge in [0, 0.05) is 32.2 Å². The fourth-order valence-electron chi connectivity index (χ4n) is 1.46. The van der Waals surface area contributed by atoms with Crippen molar-refractivity contribution in [3.05, 3.63) is 0 Å². The average molecular weight is 185 g/mol. The Morgan fingerprint density at radius 1 is 1.69 bits per heavy atom. The molecule has 0 bridgehead atoms. The van der Waals surface area contributed by atoms with Crippen LogP contribution in [0.15, 0.2) is 0 Å². The van der Waals surface area contributed by atoms with Crippen LogP contribution in [0.25, 0.3) is 0 Å². The standard InChI is InChI=1S/C9H19N3O/c1-3-4-11-9(13)12-6-5-10-8(2)7-12/h8,10H,3-7H2,1-2H3,(H,11,13)/t8-/m0/s1. The minimum absolute atomic E-state index is 0.0789. The van der Waals surface area contributed by atoms with E-state index in [1.165, 1.54) is 0 Å². The van der Waals surface area contributed by atoms with Gasteiger partial charge in [-0.05, 0) is 13.3 Å². The number of nitrogens with one attached hydrogen (secondary N) is 2. The lowest BCUT2D eigenvalue weighted by atomic mass is 10.2. The van der Waals surface area contributed by atoms with Crippen molar-refractivity contribution in [1.29, 1.82) is 0 Å². The number of piperazine rings is 1. The fourth-order valence-corrected chi connectivity index (χ4v) is 1.46. The summed E-state index contributed by atoms with van der Waals surface area (Å²) in [4.78, 5) is 13.4. The maximum atomic E-state index is 11.5. The molecule has 1 aliphatic rings. The Bertz CT molecular complexity index is 172. The molecule has 4 nitrogen and oxygen atoms in total. The van der Waals surface area contributed by atoms with Crippen LogP contribution in [0, 0.1) is 0 Å². The molecule has 0 aromatic rings. The van der Waals surface area contributed by atoms with Gasteiger partial charge in [-0.2, -0.15) is 0 Å². The SMILES string of the molecule is CCCNC(=O)N1CCN[C@@H](C)C1. The lowest BCUT2D eigenvalue weighted by Gasteiger charge is -2.31. The summed E-state index contributed by atoms with van der Waals surface area (Å²) < 4.78 is 0. The van der Waals surface area contributed by atoms with Gasteiger partial charge in [-0.25, -0.2) is 4.79 Å². The van der Waals surface area contributed by atoms with Crippen LogP contribution in [0.5, 0.6) is 0 Å². The second kappa shape index (κ2) is 5.07. The molecule has 1 rings (SSSR count). The molecule has 0 spiro atoms. The van der Waals surface area contributed by atoms with Crippen molar-refractivity contribution >= 4 is 6.03 Å². The number of hydrogen-bond donors (Lipinski definition) is 2. The molecule has 1 aliphatic heterocycles. The summed E-state index contributed by atoms with van der Waals surface area (Å²) in [5.74, 6) is 0. The number of carbonyl (C=O) groups is 1. The van der Waals surface area contributed by atoms with Gasteiger partial charge in [0.15, 0.2) is 0 Å². The summed E-state index contributed by atoms with van der Waals surface area (Å²) in [5, 5.41) is 6.18. The highest BCUT2D eigenvalue weighted by Gasteiger charge is 2.19. The summed E-state index contributed by atoms with van der Waals surface area (Å²) in [6.07, 6.45) is 0.993. The van der Waals surface area contributed by atoms with Crippen LogP contribution in [-0.4, -0.2) is 43.2 Å². The first-order chi connectivity index (χ1) is 6.24. The zero-order chi connectivity index (χ0) is 9.68. The second-order valence-electron chi connectivity index (χ2n) is 3.53. The number of hydrogen-bond acceptors (Lipinski definition) is 2. The van der Waals surface area contributed by atoms with Crippen LogP contribution in [0.1, 0.15) is 20.3 Å². The van der Waals surface area contributed by atoms with Crippen molar-refractivity contribution in [3.8, 4) is 0 Å². The van der Waals surface area contributed by atoms with Gasteiger partial charge in [0.2, 0.25) is 0 Å². The predicted octanol–water partition coefficient (Wildman–Crippen LogP) is 0.400. The summed E-state index contributed by atoms with van der Waals surface area (Å²) >= 11 is 0. The first-order valence-electron chi connectivity index (χ1n) is 5.00. The molecule has 1 heterocycles. The fraction of sp³-hybridized carbons (Fsp3) is 0.889. The normalized spacial score (nSPS) is 22.9. The second-order valence-corrected chi connectivity index (χ2v) is 3.53. The number of amides is 2. The Labute approximate surface area is 79.7 Å². The summed E-state index contributed by atoms with van der Waals surface area (Å²) in [7, 11) is 0. The molecule has 2 amide bonds. The molecule has 0 unspecified atom stereocenters. The first-order valence-corrected chi connectivity index (χ1v) is 5.00. The molecule has 0 aromatic carbocycles. The van der Waals surface area contributed by atoms with Gasteiger partial charge in [0.05, 0.1) is 0 Å². The van der Waals surface area contributed by atoms with Crippen molar-refractivity contribution in [3.63, 3.8) is 0 Å². The molecular weight excluding hydrogens is 166 g/mol. The first kappa shape index (κ1) is 10.3. The molecule has 1 saturated heterocycles. The number of nitrogens with zero attached hydrogens (tertiary/aromatic N) is 1. The highest BCUT2D eigenvalue weighted by Crippen LogP contribution is 1.98. The third-order valence-corrected chi connectivity index (χ3v) is 2.18. The lowest BCUT2D eigenvalue weighted by Crippen LogP contribution is -2.54. The van der Waals surface area contributed by atoms with Gasteiger partial charge in [-0.1, -0.05) is 6.92 Å². The minimum Gasteiger partial charge on any atom is -0.338 e. The van der Waals surface area contributed by atoms with Crippen LogP contribution in [0.3, 0.4) is 0 Å². The van der Waals surface area contributed by atoms with Gasteiger partial charge < -0.3 is 15.5 Å². The molecule has 0 aromatic heterocycles. The molecule has 0 radical (unpaired) electrons. The molecule has 1 fully saturated rings. The van der Waals surface area contributed by atoms with E-state index in [2.05, 4.69) is 24.5 Å². The largest absolute Gasteiger partial charge is 0.338 e. The van der Waals surface area contributed by atoms with Crippen LogP contribution in [0.2, 0.25) is 0 Å². The van der Waals surface area contributed by atoms with E-state index in [0.717, 1.165) is 32.6 Å². The zero-order valence-electron chi connectivity index (χ0n) is 8.47. The van der Waals surface area contributed by atoms with Crippen molar-refractivity contribution in [1.82, 2.24) is 15.5 Å². The molecule has 4 heteroatoms. The quantitative estimate of drug-likeness (QED) is 0.654. The zero-order valence-corrected chi connectivity index (χ0v) is 8.47. The van der Waals surface area contributed by atoms with Crippen LogP contribution in [-0.2, 0) is 0 Å². The predicted molar refractivity (Wildman–Crippen MR) is 52.7 cm³/mol. The molecule has 13 heavy (non-hydrogen) atoms. The topological polar surface area (TPSA) is 44.4 Å². The van der Waals surface area contributed by atoms with E-state index >= 15 is 0 Å². The van der Waals surface area contributed by atoms with E-state index in [9.17, 15) is 4.79 Å². The molecule has 0 aliphatic carbocycles. The Morgan fingerprint density at radius 3 is 3.08 bits per heavy atom. The Morgan fingerprint density at radius 2 is 2.46 bits per heavy atom. The van der Waals surface area contributed by atoms with E-state index in [4.69, 9.17) is 0 Å². The van der Waals surface area contributed by atoms with Crippen LogP contribution in [0.4, 0.5) is 4.79 Å². The molecule has 2 N–H and O–H groups in total. The maximum absolute atomic E-state index is 11.5. The van der Waals surface area contributed by atoms with E-state index in [0.29, 0.717) is 6.04 Å². The number of urea groups is 1. The van der Waals surface area contributed by atoms with Crippen LogP contribution < -0.4 is 10.6 Å². The third-order valence-electron chi connectivity index (χ3n) is 2.18. The van der Waals surface area contributed by atoms with Gasteiger partial charge in [0.1, 0.15) is 0 Å². The molecular formula is C9H19N3O. The lowest BCUT2D eigenvalue weighted by molar-refractivity contribution is 0.179. The van der Waals surface area contributed by atoms with E-state index in [1.54, 1.807) is 0 Å². The smallest absolute Gasteiger partial charge is 0.317 e. The van der Waals surface area contributed by atoms with E-state index < -0.39 is 0 Å². The highest BCUT2D eigenvalue weighted by atomic mass is 16.2. The average Bonchev–Trinajstić information content (AvgIpc) is 2.14. The molecule has 0 saturated carbocycles. The Balaban J connectivity index is 2.28. The Kier molecular flexibility index (Phi) is 4.02. The molecule has 76 valence electrons. The van der Waals surface area contributed by atoms with Gasteiger partial charge in [-0.3, -0.25) is 0 Å². The van der Waals surface area contributed by atoms with Gasteiger partial charge in [0.25, 0.3) is 0 Å². The van der Waals surface area contributed by atoms with Gasteiger partial charge >= 0.3 is 6.03 Å². The maximum Gasteiger partial charge on any atom is 0.317 e. The van der Waals surface area contributed by atoms with Crippen molar-refractivity contribution in [2.45, 2.75) is 26.3 Å². The minimum atomic E-state index is 0.0789. The Hall–Kier alpha value is -0.770.